The van der Waals surface area contributed by atoms with Gasteiger partial charge in [0.05, 0.1) is 6.54 Å². The zero-order chi connectivity index (χ0) is 14.7. The lowest BCUT2D eigenvalue weighted by Gasteiger charge is -2.26. The molecule has 7 heteroatoms. The molecule has 1 aliphatic heterocycles. The number of nitrogens with zero attached hydrogens (tertiary/aromatic N) is 4. The molecule has 0 aliphatic carbocycles. The third kappa shape index (κ3) is 3.37. The number of nitrogens with two attached hydrogens (primary N) is 1. The van der Waals surface area contributed by atoms with Gasteiger partial charge in [-0.15, -0.1) is 10.2 Å². The molecule has 0 saturated heterocycles. The molecule has 0 saturated carbocycles. The molecule has 0 atom stereocenters. The van der Waals surface area contributed by atoms with Crippen molar-refractivity contribution in [1.82, 2.24) is 19.7 Å². The highest BCUT2D eigenvalue weighted by molar-refractivity contribution is 7.80. The second-order valence-corrected chi connectivity index (χ2v) is 5.40. The Bertz CT molecular complexity index is 642. The largest absolute Gasteiger partial charge is 0.492 e. The van der Waals surface area contributed by atoms with Gasteiger partial charge >= 0.3 is 0 Å². The zero-order valence-corrected chi connectivity index (χ0v) is 12.4. The van der Waals surface area contributed by atoms with Gasteiger partial charge in [-0.05, 0) is 12.1 Å². The van der Waals surface area contributed by atoms with Crippen molar-refractivity contribution in [3.05, 3.63) is 42.0 Å². The van der Waals surface area contributed by atoms with Crippen LogP contribution in [0.25, 0.3) is 0 Å². The Kier molecular flexibility index (Phi) is 4.12. The van der Waals surface area contributed by atoms with Gasteiger partial charge in [-0.1, -0.05) is 24.4 Å². The van der Waals surface area contributed by atoms with Crippen molar-refractivity contribution in [2.24, 2.45) is 5.73 Å². The summed E-state index contributed by atoms with van der Waals surface area (Å²) in [5, 5.41) is 8.03. The Hall–Kier alpha value is -1.99. The minimum atomic E-state index is 0.385. The minimum Gasteiger partial charge on any atom is -0.492 e. The van der Waals surface area contributed by atoms with Crippen LogP contribution in [-0.4, -0.2) is 44.3 Å². The highest BCUT2D eigenvalue weighted by atomic mass is 32.1. The first kappa shape index (κ1) is 14.0. The lowest BCUT2D eigenvalue weighted by molar-refractivity contribution is 0.174. The molecule has 0 unspecified atom stereocenters. The maximum atomic E-state index is 5.77. The molecule has 110 valence electrons. The summed E-state index contributed by atoms with van der Waals surface area (Å²) in [4.78, 5) is 2.69. The van der Waals surface area contributed by atoms with Crippen LogP contribution in [-0.2, 0) is 13.1 Å². The van der Waals surface area contributed by atoms with Crippen LogP contribution in [0.4, 0.5) is 0 Å². The Morgan fingerprint density at radius 1 is 1.38 bits per heavy atom. The predicted molar refractivity (Wildman–Crippen MR) is 83.1 cm³/mol. The summed E-state index contributed by atoms with van der Waals surface area (Å²) >= 11 is 4.96. The molecule has 0 amide bonds. The third-order valence-electron chi connectivity index (χ3n) is 3.51. The van der Waals surface area contributed by atoms with Crippen molar-refractivity contribution in [2.75, 3.05) is 19.7 Å². The number of hydrogen-bond acceptors (Lipinski definition) is 5. The van der Waals surface area contributed by atoms with Crippen LogP contribution in [0.2, 0.25) is 0 Å². The fourth-order valence-corrected chi connectivity index (χ4v) is 2.47. The van der Waals surface area contributed by atoms with E-state index in [1.807, 2.05) is 24.3 Å². The van der Waals surface area contributed by atoms with Crippen LogP contribution in [0.5, 0.6) is 5.75 Å². The number of hydrogen-bond donors (Lipinski definition) is 1. The number of ether oxygens (including phenoxy) is 1. The number of aromatic nitrogens is 3. The highest BCUT2D eigenvalue weighted by Gasteiger charge is 2.16. The third-order valence-corrected chi connectivity index (χ3v) is 3.75. The van der Waals surface area contributed by atoms with Crippen LogP contribution in [0.3, 0.4) is 0 Å². The lowest BCUT2D eigenvalue weighted by atomic mass is 10.2. The SMILES string of the molecule is NC(=S)c1cccc(OCCN2CCn3cnnc3C2)c1. The molecular formula is C14H17N5OS. The Balaban J connectivity index is 1.51. The van der Waals surface area contributed by atoms with E-state index in [0.717, 1.165) is 43.3 Å². The number of rotatable bonds is 5. The molecule has 1 aliphatic rings. The summed E-state index contributed by atoms with van der Waals surface area (Å²) in [6.07, 6.45) is 1.78. The van der Waals surface area contributed by atoms with Crippen molar-refractivity contribution in [3.8, 4) is 5.75 Å². The molecule has 0 bridgehead atoms. The fourth-order valence-electron chi connectivity index (χ4n) is 2.34. The van der Waals surface area contributed by atoms with Crippen molar-refractivity contribution in [3.63, 3.8) is 0 Å². The highest BCUT2D eigenvalue weighted by Crippen LogP contribution is 2.14. The van der Waals surface area contributed by atoms with Crippen LogP contribution in [0.15, 0.2) is 30.6 Å². The molecule has 2 N–H and O–H groups in total. The Morgan fingerprint density at radius 2 is 2.29 bits per heavy atom. The van der Waals surface area contributed by atoms with Gasteiger partial charge in [0.15, 0.2) is 0 Å². The van der Waals surface area contributed by atoms with Gasteiger partial charge in [0.25, 0.3) is 0 Å². The second kappa shape index (κ2) is 6.19. The van der Waals surface area contributed by atoms with Crippen LogP contribution in [0, 0.1) is 0 Å². The summed E-state index contributed by atoms with van der Waals surface area (Å²) in [5.41, 5.74) is 6.44. The van der Waals surface area contributed by atoms with E-state index in [4.69, 9.17) is 22.7 Å². The first-order chi connectivity index (χ1) is 10.2. The van der Waals surface area contributed by atoms with E-state index < -0.39 is 0 Å². The first-order valence-corrected chi connectivity index (χ1v) is 7.25. The molecule has 6 nitrogen and oxygen atoms in total. The van der Waals surface area contributed by atoms with E-state index in [2.05, 4.69) is 19.7 Å². The van der Waals surface area contributed by atoms with Gasteiger partial charge in [0, 0.05) is 25.2 Å². The van der Waals surface area contributed by atoms with Crippen molar-refractivity contribution < 1.29 is 4.74 Å². The molecule has 21 heavy (non-hydrogen) atoms. The molecule has 3 rings (SSSR count). The number of fused-ring (bicyclic) bond motifs is 1. The van der Waals surface area contributed by atoms with Gasteiger partial charge < -0.3 is 15.0 Å². The van der Waals surface area contributed by atoms with Crippen molar-refractivity contribution in [2.45, 2.75) is 13.1 Å². The molecule has 0 radical (unpaired) electrons. The summed E-state index contributed by atoms with van der Waals surface area (Å²) in [7, 11) is 0. The van der Waals surface area contributed by atoms with E-state index in [0.29, 0.717) is 11.6 Å². The van der Waals surface area contributed by atoms with Crippen LogP contribution < -0.4 is 10.5 Å². The van der Waals surface area contributed by atoms with E-state index in [1.54, 1.807) is 6.33 Å². The van der Waals surface area contributed by atoms with Crippen LogP contribution >= 0.6 is 12.2 Å². The molecule has 1 aromatic heterocycles. The lowest BCUT2D eigenvalue weighted by Crippen LogP contribution is -2.36. The topological polar surface area (TPSA) is 69.2 Å². The van der Waals surface area contributed by atoms with Gasteiger partial charge in [0.1, 0.15) is 29.5 Å². The smallest absolute Gasteiger partial charge is 0.147 e. The predicted octanol–water partition coefficient (Wildman–Crippen LogP) is 0.807. The maximum absolute atomic E-state index is 5.77. The fraction of sp³-hybridized carbons (Fsp3) is 0.357. The quantitative estimate of drug-likeness (QED) is 0.824. The van der Waals surface area contributed by atoms with Gasteiger partial charge in [-0.3, -0.25) is 4.90 Å². The molecular weight excluding hydrogens is 286 g/mol. The van der Waals surface area contributed by atoms with E-state index >= 15 is 0 Å². The summed E-state index contributed by atoms with van der Waals surface area (Å²) in [5.74, 6) is 1.80. The Morgan fingerprint density at radius 3 is 3.14 bits per heavy atom. The summed E-state index contributed by atoms with van der Waals surface area (Å²) in [6.45, 7) is 4.20. The first-order valence-electron chi connectivity index (χ1n) is 6.84. The molecule has 0 fully saturated rings. The summed E-state index contributed by atoms with van der Waals surface area (Å²) < 4.78 is 7.86. The van der Waals surface area contributed by atoms with Crippen molar-refractivity contribution in [1.29, 1.82) is 0 Å². The second-order valence-electron chi connectivity index (χ2n) is 4.96. The van der Waals surface area contributed by atoms with Crippen molar-refractivity contribution >= 4 is 17.2 Å². The molecule has 2 aromatic rings. The maximum Gasteiger partial charge on any atom is 0.147 e. The summed E-state index contributed by atoms with van der Waals surface area (Å²) in [6, 6.07) is 7.56. The Labute approximate surface area is 128 Å². The molecule has 0 spiro atoms. The van der Waals surface area contributed by atoms with E-state index in [1.165, 1.54) is 0 Å². The average Bonchev–Trinajstić information content (AvgIpc) is 2.95. The number of thiocarbonyl (C=S) groups is 1. The molecule has 1 aromatic carbocycles. The zero-order valence-electron chi connectivity index (χ0n) is 11.6. The minimum absolute atomic E-state index is 0.385. The van der Waals surface area contributed by atoms with Gasteiger partial charge in [-0.2, -0.15) is 0 Å². The van der Waals surface area contributed by atoms with Gasteiger partial charge in [-0.25, -0.2) is 0 Å². The van der Waals surface area contributed by atoms with Gasteiger partial charge in [0.2, 0.25) is 0 Å². The van der Waals surface area contributed by atoms with Crippen LogP contribution in [0.1, 0.15) is 11.4 Å². The normalized spacial score (nSPS) is 14.7. The molecule has 2 heterocycles. The van der Waals surface area contributed by atoms with E-state index in [-0.39, 0.29) is 0 Å². The van der Waals surface area contributed by atoms with E-state index in [9.17, 15) is 0 Å². The standard InChI is InChI=1S/C14H17N5OS/c15-14(21)11-2-1-3-12(8-11)20-7-6-18-4-5-19-10-16-17-13(19)9-18/h1-3,8,10H,4-7,9H2,(H2,15,21). The average molecular weight is 303 g/mol. The monoisotopic (exact) mass is 303 g/mol. The number of benzene rings is 1.